The number of alkyl halides is 1. The molecule has 0 fully saturated rings. The van der Waals surface area contributed by atoms with E-state index in [-0.39, 0.29) is 0 Å². The standard InChI is InChI=1S/C15H23Br/c1-4-6-13-8-10-14(11-9-13)12(3)15(16)7-5-2/h8-12,15H,4-7H2,1-3H3. The Hall–Kier alpha value is -0.300. The monoisotopic (exact) mass is 282 g/mol. The highest BCUT2D eigenvalue weighted by molar-refractivity contribution is 9.09. The van der Waals surface area contributed by atoms with Crippen LogP contribution in [0.5, 0.6) is 0 Å². The average molecular weight is 283 g/mol. The van der Waals surface area contributed by atoms with Crippen molar-refractivity contribution in [3.63, 3.8) is 0 Å². The van der Waals surface area contributed by atoms with Gasteiger partial charge in [0.1, 0.15) is 0 Å². The zero-order valence-electron chi connectivity index (χ0n) is 10.7. The molecule has 1 rings (SSSR count). The molecule has 0 aliphatic carbocycles. The molecule has 0 aromatic heterocycles. The fourth-order valence-corrected chi connectivity index (χ4v) is 2.77. The molecule has 0 radical (unpaired) electrons. The molecule has 0 nitrogen and oxygen atoms in total. The molecule has 0 heterocycles. The third-order valence-electron chi connectivity index (χ3n) is 3.15. The summed E-state index contributed by atoms with van der Waals surface area (Å²) in [6.45, 7) is 6.78. The van der Waals surface area contributed by atoms with Gasteiger partial charge in [-0.3, -0.25) is 0 Å². The van der Waals surface area contributed by atoms with E-state index in [2.05, 4.69) is 61.0 Å². The Kier molecular flexibility index (Phi) is 6.12. The molecule has 2 atom stereocenters. The summed E-state index contributed by atoms with van der Waals surface area (Å²) in [7, 11) is 0. The van der Waals surface area contributed by atoms with E-state index in [1.807, 2.05) is 0 Å². The summed E-state index contributed by atoms with van der Waals surface area (Å²) in [6, 6.07) is 9.14. The summed E-state index contributed by atoms with van der Waals surface area (Å²) in [5, 5.41) is 0. The van der Waals surface area contributed by atoms with E-state index in [9.17, 15) is 0 Å². The van der Waals surface area contributed by atoms with Crippen molar-refractivity contribution < 1.29 is 0 Å². The fraction of sp³-hybridized carbons (Fsp3) is 0.600. The topological polar surface area (TPSA) is 0 Å². The molecule has 0 aliphatic rings. The first kappa shape index (κ1) is 13.8. The van der Waals surface area contributed by atoms with Crippen LogP contribution in [-0.4, -0.2) is 4.83 Å². The minimum atomic E-state index is 0.606. The van der Waals surface area contributed by atoms with Crippen molar-refractivity contribution >= 4 is 15.9 Å². The van der Waals surface area contributed by atoms with Gasteiger partial charge in [-0.15, -0.1) is 0 Å². The second kappa shape index (κ2) is 7.11. The van der Waals surface area contributed by atoms with E-state index in [0.29, 0.717) is 10.7 Å². The molecule has 0 saturated carbocycles. The molecule has 0 amide bonds. The molecule has 1 heteroatoms. The number of benzene rings is 1. The van der Waals surface area contributed by atoms with Gasteiger partial charge in [-0.2, -0.15) is 0 Å². The van der Waals surface area contributed by atoms with Crippen LogP contribution in [0.15, 0.2) is 24.3 Å². The van der Waals surface area contributed by atoms with Gasteiger partial charge >= 0.3 is 0 Å². The van der Waals surface area contributed by atoms with Gasteiger partial charge in [0.15, 0.2) is 0 Å². The number of hydrogen-bond acceptors (Lipinski definition) is 0. The largest absolute Gasteiger partial charge is 0.0884 e. The Morgan fingerprint density at radius 2 is 1.69 bits per heavy atom. The summed E-state index contributed by atoms with van der Waals surface area (Å²) in [5.41, 5.74) is 2.91. The molecule has 0 saturated heterocycles. The van der Waals surface area contributed by atoms with Gasteiger partial charge in [0, 0.05) is 4.83 Å². The van der Waals surface area contributed by atoms with E-state index in [1.165, 1.54) is 36.8 Å². The normalized spacial score (nSPS) is 14.8. The van der Waals surface area contributed by atoms with Crippen molar-refractivity contribution in [2.45, 2.75) is 57.2 Å². The SMILES string of the molecule is CCCc1ccc(C(C)C(Br)CCC)cc1. The molecule has 90 valence electrons. The molecule has 2 unspecified atom stereocenters. The Morgan fingerprint density at radius 3 is 2.19 bits per heavy atom. The fourth-order valence-electron chi connectivity index (χ4n) is 2.01. The van der Waals surface area contributed by atoms with Crippen LogP contribution in [0.25, 0.3) is 0 Å². The molecule has 0 aliphatic heterocycles. The van der Waals surface area contributed by atoms with Gasteiger partial charge in [-0.25, -0.2) is 0 Å². The molecule has 1 aromatic rings. The molecular formula is C15H23Br. The van der Waals surface area contributed by atoms with E-state index < -0.39 is 0 Å². The Morgan fingerprint density at radius 1 is 1.06 bits per heavy atom. The maximum Gasteiger partial charge on any atom is 0.0211 e. The van der Waals surface area contributed by atoms with Crippen LogP contribution in [-0.2, 0) is 6.42 Å². The van der Waals surface area contributed by atoms with Crippen LogP contribution < -0.4 is 0 Å². The van der Waals surface area contributed by atoms with Crippen LogP contribution >= 0.6 is 15.9 Å². The highest BCUT2D eigenvalue weighted by atomic mass is 79.9. The molecular weight excluding hydrogens is 260 g/mol. The van der Waals surface area contributed by atoms with Crippen LogP contribution in [0.3, 0.4) is 0 Å². The first-order valence-corrected chi connectivity index (χ1v) is 7.33. The number of hydrogen-bond donors (Lipinski definition) is 0. The maximum atomic E-state index is 3.79. The lowest BCUT2D eigenvalue weighted by Gasteiger charge is -2.18. The minimum absolute atomic E-state index is 0.606. The summed E-state index contributed by atoms with van der Waals surface area (Å²) in [5.74, 6) is 0.607. The summed E-state index contributed by atoms with van der Waals surface area (Å²) in [4.78, 5) is 0.606. The number of halogens is 1. The maximum absolute atomic E-state index is 3.79. The minimum Gasteiger partial charge on any atom is -0.0884 e. The second-order valence-corrected chi connectivity index (χ2v) is 5.76. The van der Waals surface area contributed by atoms with Gasteiger partial charge in [0.05, 0.1) is 0 Å². The van der Waals surface area contributed by atoms with Gasteiger partial charge in [-0.1, -0.05) is 73.8 Å². The van der Waals surface area contributed by atoms with Crippen molar-refractivity contribution in [2.75, 3.05) is 0 Å². The predicted octanol–water partition coefficient (Wildman–Crippen LogP) is 5.31. The lowest BCUT2D eigenvalue weighted by atomic mass is 9.94. The van der Waals surface area contributed by atoms with Crippen LogP contribution in [0, 0.1) is 0 Å². The van der Waals surface area contributed by atoms with Crippen LogP contribution in [0.4, 0.5) is 0 Å². The van der Waals surface area contributed by atoms with Gasteiger partial charge in [0.25, 0.3) is 0 Å². The Labute approximate surface area is 109 Å². The van der Waals surface area contributed by atoms with E-state index in [0.717, 1.165) is 0 Å². The zero-order chi connectivity index (χ0) is 12.0. The van der Waals surface area contributed by atoms with Crippen LogP contribution in [0.1, 0.15) is 57.1 Å². The molecule has 1 aromatic carbocycles. The van der Waals surface area contributed by atoms with Gasteiger partial charge in [0.2, 0.25) is 0 Å². The van der Waals surface area contributed by atoms with Crippen LogP contribution in [0.2, 0.25) is 0 Å². The zero-order valence-corrected chi connectivity index (χ0v) is 12.3. The highest BCUT2D eigenvalue weighted by Gasteiger charge is 2.14. The predicted molar refractivity (Wildman–Crippen MR) is 76.5 cm³/mol. The number of rotatable bonds is 6. The third kappa shape index (κ3) is 3.93. The van der Waals surface area contributed by atoms with Crippen molar-refractivity contribution in [2.24, 2.45) is 0 Å². The molecule has 0 bridgehead atoms. The summed E-state index contributed by atoms with van der Waals surface area (Å²) in [6.07, 6.45) is 4.92. The Balaban J connectivity index is 2.65. The lowest BCUT2D eigenvalue weighted by Crippen LogP contribution is -2.08. The smallest absolute Gasteiger partial charge is 0.0211 e. The van der Waals surface area contributed by atoms with Crippen molar-refractivity contribution in [1.29, 1.82) is 0 Å². The van der Waals surface area contributed by atoms with E-state index in [4.69, 9.17) is 0 Å². The molecule has 16 heavy (non-hydrogen) atoms. The first-order chi connectivity index (χ1) is 7.69. The highest BCUT2D eigenvalue weighted by Crippen LogP contribution is 2.28. The average Bonchev–Trinajstić information content (AvgIpc) is 2.30. The lowest BCUT2D eigenvalue weighted by molar-refractivity contribution is 0.651. The quantitative estimate of drug-likeness (QED) is 0.621. The van der Waals surface area contributed by atoms with Gasteiger partial charge < -0.3 is 0 Å². The third-order valence-corrected chi connectivity index (χ3v) is 4.40. The first-order valence-electron chi connectivity index (χ1n) is 6.41. The van der Waals surface area contributed by atoms with Crippen molar-refractivity contribution in [3.8, 4) is 0 Å². The second-order valence-electron chi connectivity index (χ2n) is 4.58. The summed E-state index contributed by atoms with van der Waals surface area (Å²) >= 11 is 3.79. The van der Waals surface area contributed by atoms with Crippen molar-refractivity contribution in [1.82, 2.24) is 0 Å². The molecule has 0 N–H and O–H groups in total. The Bertz CT molecular complexity index is 289. The van der Waals surface area contributed by atoms with Gasteiger partial charge in [-0.05, 0) is 29.9 Å². The van der Waals surface area contributed by atoms with Crippen molar-refractivity contribution in [3.05, 3.63) is 35.4 Å². The van der Waals surface area contributed by atoms with E-state index >= 15 is 0 Å². The molecule has 0 spiro atoms. The number of aryl methyl sites for hydroxylation is 1. The summed E-state index contributed by atoms with van der Waals surface area (Å²) < 4.78 is 0. The van der Waals surface area contributed by atoms with E-state index in [1.54, 1.807) is 0 Å².